The van der Waals surface area contributed by atoms with Gasteiger partial charge in [-0.2, -0.15) is 16.8 Å². The lowest BCUT2D eigenvalue weighted by Crippen LogP contribution is -2.69. The van der Waals surface area contributed by atoms with Crippen molar-refractivity contribution in [3.05, 3.63) is 59.7 Å². The van der Waals surface area contributed by atoms with Crippen molar-refractivity contribution in [3.63, 3.8) is 0 Å². The molecule has 40 atom stereocenters. The Balaban J connectivity index is 0.912. The highest BCUT2D eigenvalue weighted by Crippen LogP contribution is 2.41. The molecule has 30 heterocycles. The molecule has 0 amide bonds. The van der Waals surface area contributed by atoms with Crippen LogP contribution in [0.2, 0.25) is 0 Å². The van der Waals surface area contributed by atoms with E-state index in [1.165, 1.54) is 24.3 Å². The molecule has 0 aliphatic carbocycles. The SMILES string of the molecule is Cc1ccc(S(=O)(=O)OC[C@H]2O[C@@H]3O[C@H]4[C@H](O)[C@@H](O)[C@@H](O[C@H]5[C@H](O)[C@@H](O)[C@@H](O[C@H]6[C@H](O)[C@@H](O)[C@@H](O[C@H]7[C@H](O)[C@@H](O)[C@@H](O[C@H]8[C@@H](O)[C@H](O)[C@@H](O[C@H]9[C@@H](O)[C@@H](O)[C@@H](O[C@H]%10[C@@H](O)[C@H](O)[C@@H](O[C@H]2[C@H](O)[C@H]3O)O[C@@H]%10CO)O[C@@H]9CO)O[C@@H]8CO)O[C@@H]7CO)O[C@@H]6CO)O[C@@H]5CO)O[C@@H]4COS(=O)(=O)c2ccc(C)cc2)cc1. The summed E-state index contributed by atoms with van der Waals surface area (Å²) in [4.78, 5) is -0.876. The van der Waals surface area contributed by atoms with Crippen molar-refractivity contribution in [1.82, 2.24) is 0 Å². The number of hydrogen-bond acceptors (Lipinski definition) is 44. The summed E-state index contributed by atoms with van der Waals surface area (Å²) in [5.74, 6) is 0. The number of aryl methyl sites for hydroxylation is 2. The minimum absolute atomic E-state index is 0.438. The predicted octanol–water partition coefficient (Wildman–Crippen LogP) is -14.0. The molecule has 0 saturated carbocycles. The Bertz CT molecular complexity index is 3320. The van der Waals surface area contributed by atoms with Gasteiger partial charge in [0.15, 0.2) is 50.3 Å². The second-order valence-electron chi connectivity index (χ2n) is 27.2. The van der Waals surface area contributed by atoms with Gasteiger partial charge in [-0.15, -0.1) is 0 Å². The van der Waals surface area contributed by atoms with Crippen molar-refractivity contribution in [3.8, 4) is 0 Å². The highest BCUT2D eigenvalue weighted by molar-refractivity contribution is 7.87. The van der Waals surface area contributed by atoms with E-state index in [4.69, 9.17) is 84.2 Å². The van der Waals surface area contributed by atoms with Gasteiger partial charge in [-0.05, 0) is 38.1 Å². The van der Waals surface area contributed by atoms with Gasteiger partial charge in [-0.3, -0.25) is 8.37 Å². The zero-order chi connectivity index (χ0) is 78.4. The molecular formula is C62H92O44S2. The molecule has 44 nitrogen and oxygen atoms in total. The smallest absolute Gasteiger partial charge is 0.297 e. The lowest BCUT2D eigenvalue weighted by atomic mass is 9.94. The molecule has 30 aliphatic heterocycles. The first-order valence-corrected chi connectivity index (χ1v) is 36.9. The quantitative estimate of drug-likeness (QED) is 0.0781. The summed E-state index contributed by atoms with van der Waals surface area (Å²) in [6.07, 6.45) is -87.6. The lowest BCUT2D eigenvalue weighted by molar-refractivity contribution is -0.403. The van der Waals surface area contributed by atoms with E-state index >= 15 is 0 Å². The van der Waals surface area contributed by atoms with Gasteiger partial charge in [0.2, 0.25) is 0 Å². The summed E-state index contributed by atoms with van der Waals surface area (Å²) in [6, 6.07) is 10.2. The van der Waals surface area contributed by atoms with Gasteiger partial charge < -0.3 is 188 Å². The Morgan fingerprint density at radius 1 is 0.241 bits per heavy atom. The average molecular weight is 1610 g/mol. The van der Waals surface area contributed by atoms with Crippen molar-refractivity contribution in [2.24, 2.45) is 0 Å². The van der Waals surface area contributed by atoms with Crippen LogP contribution in [-0.4, -0.2) is 428 Å². The molecule has 616 valence electrons. The monoisotopic (exact) mass is 1600 g/mol. The average Bonchev–Trinajstić information content (AvgIpc) is 0.780. The molecule has 46 heteroatoms. The minimum atomic E-state index is -4.84. The maximum Gasteiger partial charge on any atom is 0.297 e. The molecule has 108 heavy (non-hydrogen) atoms. The van der Waals surface area contributed by atoms with E-state index in [9.17, 15) is 129 Å². The van der Waals surface area contributed by atoms with E-state index in [2.05, 4.69) is 0 Å². The summed E-state index contributed by atoms with van der Waals surface area (Å²) < 4.78 is 159. The van der Waals surface area contributed by atoms with Gasteiger partial charge in [0, 0.05) is 0 Å². The Morgan fingerprint density at radius 3 is 0.546 bits per heavy atom. The normalized spacial score (nSPS) is 47.6. The summed E-state index contributed by atoms with van der Waals surface area (Å²) in [5.41, 5.74) is 1.22. The first kappa shape index (κ1) is 85.6. The second kappa shape index (κ2) is 35.9. The van der Waals surface area contributed by atoms with Crippen LogP contribution in [0.4, 0.5) is 0 Å². The fourth-order valence-corrected chi connectivity index (χ4v) is 15.6. The van der Waals surface area contributed by atoms with Gasteiger partial charge >= 0.3 is 0 Å². The number of rotatable bonds is 14. The van der Waals surface area contributed by atoms with Crippen molar-refractivity contribution in [2.45, 2.75) is 269 Å². The van der Waals surface area contributed by atoms with E-state index in [0.717, 1.165) is 24.3 Å². The highest BCUT2D eigenvalue weighted by Gasteiger charge is 2.61. The largest absolute Gasteiger partial charge is 0.394 e. The van der Waals surface area contributed by atoms with E-state index in [1.54, 1.807) is 13.8 Å². The first-order chi connectivity index (χ1) is 51.2. The molecule has 22 N–H and O–H groups in total. The molecular weight excluding hydrogens is 1510 g/mol. The lowest BCUT2D eigenvalue weighted by Gasteiger charge is -2.50. The molecule has 0 aromatic heterocycles. The van der Waals surface area contributed by atoms with E-state index < -0.39 is 329 Å². The molecule has 32 rings (SSSR count). The summed E-state index contributed by atoms with van der Waals surface area (Å²) >= 11 is 0. The van der Waals surface area contributed by atoms with E-state index in [-0.39, 0.29) is 0 Å². The van der Waals surface area contributed by atoms with Crippen molar-refractivity contribution in [1.29, 1.82) is 0 Å². The van der Waals surface area contributed by atoms with Gasteiger partial charge in [0.1, 0.15) is 195 Å². The van der Waals surface area contributed by atoms with E-state index in [1.807, 2.05) is 0 Å². The number of aliphatic hydroxyl groups is 22. The molecule has 30 fully saturated rings. The van der Waals surface area contributed by atoms with Gasteiger partial charge in [-0.25, -0.2) is 0 Å². The maximum atomic E-state index is 13.8. The zero-order valence-electron chi connectivity index (χ0n) is 57.0. The van der Waals surface area contributed by atoms with Crippen LogP contribution >= 0.6 is 0 Å². The fraction of sp³-hybridized carbons (Fsp3) is 0.806. The molecule has 2 aromatic carbocycles. The van der Waals surface area contributed by atoms with Gasteiger partial charge in [-0.1, -0.05) is 35.4 Å². The van der Waals surface area contributed by atoms with E-state index in [0.29, 0.717) is 11.1 Å². The van der Waals surface area contributed by atoms with Gasteiger partial charge in [0.25, 0.3) is 20.2 Å². The van der Waals surface area contributed by atoms with Crippen LogP contribution in [0, 0.1) is 13.8 Å². The Kier molecular flexibility index (Phi) is 28.4. The first-order valence-electron chi connectivity index (χ1n) is 34.1. The van der Waals surface area contributed by atoms with Crippen LogP contribution in [0.3, 0.4) is 0 Å². The summed E-state index contributed by atoms with van der Waals surface area (Å²) in [7, 11) is -9.68. The molecule has 2 aromatic rings. The number of ether oxygens (including phenoxy) is 16. The van der Waals surface area contributed by atoms with Crippen molar-refractivity contribution >= 4 is 20.2 Å². The molecule has 0 unspecified atom stereocenters. The molecule has 0 radical (unpaired) electrons. The van der Waals surface area contributed by atoms with Crippen LogP contribution in [0.1, 0.15) is 11.1 Å². The standard InChI is InChI=1S/C62H92O44S2/c1-19-3-7-21(8-4-19)107(85,86)89-17-29-53-38(76)46(84)62(98-29)106-54-30(18-90-108(87,88)22-9-5-20(2)6-10-22)97-61(45(83)37(54)75)104-52-28(16-68)95-59(43(81)35(52)73)102-50-26(14-66)93-57(41(79)33(50)71)100-48-24(12-64)91-55(39(77)31(48)69)99-47-23(11-63)92-56(40(78)32(47)70)101-49-25(13-65)94-58(42(80)34(49)72)103-51-27(15-67)96-60(105-53)44(82)36(51)74/h3-10,23-84H,11-18H2,1-2H3/t23-,24-,25-,26-,27-,28-,29-,30-,31-,32+,33-,34+,35-,36+,37-,38-,39-,40+,41-,42-,43-,44+,45-,46-,47-,48-,49-,50-,51-,52-,53-,54-,55-,56-,57-,58-,59-,60-,61-,62-/m1/s1. The molecule has 0 spiro atoms. The maximum absolute atomic E-state index is 13.8. The van der Waals surface area contributed by atoms with Crippen LogP contribution in [-0.2, 0) is 104 Å². The van der Waals surface area contributed by atoms with Gasteiger partial charge in [0.05, 0.1) is 62.6 Å². The third-order valence-corrected chi connectivity index (χ3v) is 22.5. The fourth-order valence-electron chi connectivity index (χ4n) is 13.7. The van der Waals surface area contributed by atoms with Crippen molar-refractivity contribution < 1.29 is 213 Å². The third-order valence-electron chi connectivity index (χ3n) is 19.9. The Morgan fingerprint density at radius 2 is 0.389 bits per heavy atom. The molecule has 16 bridgehead atoms. The third kappa shape index (κ3) is 17.8. The predicted molar refractivity (Wildman–Crippen MR) is 336 cm³/mol. The molecule has 30 aliphatic rings. The number of hydrogen-bond donors (Lipinski definition) is 22. The zero-order valence-corrected chi connectivity index (χ0v) is 58.6. The summed E-state index contributed by atoms with van der Waals surface area (Å²) in [6.45, 7) is -6.09. The highest BCUT2D eigenvalue weighted by atomic mass is 32.2. The van der Waals surface area contributed by atoms with Crippen molar-refractivity contribution in [2.75, 3.05) is 52.9 Å². The minimum Gasteiger partial charge on any atom is -0.394 e. The number of aliphatic hydroxyl groups excluding tert-OH is 22. The molecule has 30 saturated heterocycles. The van der Waals surface area contributed by atoms with Crippen LogP contribution in [0.15, 0.2) is 58.3 Å². The van der Waals surface area contributed by atoms with Crippen LogP contribution in [0.5, 0.6) is 0 Å². The van der Waals surface area contributed by atoms with Crippen LogP contribution in [0.25, 0.3) is 0 Å². The number of benzene rings is 2. The Hall–Kier alpha value is -3.26. The second-order valence-corrected chi connectivity index (χ2v) is 30.4. The summed E-state index contributed by atoms with van der Waals surface area (Å²) in [5, 5.41) is 251. The van der Waals surface area contributed by atoms with Crippen LogP contribution < -0.4 is 0 Å². The topological polar surface area (TPSA) is 679 Å². The Labute approximate surface area is 613 Å².